The number of alkyl halides is 6. The maximum Gasteiger partial charge on any atom is 0.430 e. The molecule has 0 aromatic rings. The van der Waals surface area contributed by atoms with Gasteiger partial charge in [0.05, 0.1) is 5.41 Å². The van der Waals surface area contributed by atoms with Crippen LogP contribution in [0.2, 0.25) is 0 Å². The Labute approximate surface area is 146 Å². The molecule has 3 rings (SSSR count). The predicted molar refractivity (Wildman–Crippen MR) is 77.8 cm³/mol. The maximum absolute atomic E-state index is 13.4. The molecule has 1 N–H and O–H groups in total. The second-order valence-electron chi connectivity index (χ2n) is 7.91. The smallest absolute Gasteiger partial charge is 0.430 e. The Morgan fingerprint density at radius 2 is 1.62 bits per heavy atom. The van der Waals surface area contributed by atoms with E-state index in [-0.39, 0.29) is 24.7 Å². The Balaban J connectivity index is 1.98. The molecule has 2 saturated carbocycles. The zero-order valence-corrected chi connectivity index (χ0v) is 14.1. The van der Waals surface area contributed by atoms with Crippen LogP contribution in [0.3, 0.4) is 0 Å². The zero-order valence-electron chi connectivity index (χ0n) is 14.1. The molecule has 3 atom stereocenters. The monoisotopic (exact) mass is 386 g/mol. The summed E-state index contributed by atoms with van der Waals surface area (Å²) in [6.07, 6.45) is -8.81. The second-order valence-corrected chi connectivity index (χ2v) is 7.91. The molecule has 0 aromatic heterocycles. The number of hydrogen-bond donors (Lipinski definition) is 1. The van der Waals surface area contributed by atoms with Gasteiger partial charge in [-0.3, -0.25) is 4.79 Å². The number of halogens is 6. The number of aliphatic hydroxyl groups is 1. The van der Waals surface area contributed by atoms with Gasteiger partial charge in [-0.15, -0.1) is 0 Å². The van der Waals surface area contributed by atoms with E-state index in [1.165, 1.54) is 6.92 Å². The van der Waals surface area contributed by atoms with Crippen LogP contribution in [0.5, 0.6) is 0 Å². The molecular weight excluding hydrogens is 366 g/mol. The fourth-order valence-corrected chi connectivity index (χ4v) is 4.78. The van der Waals surface area contributed by atoms with Gasteiger partial charge in [-0.2, -0.15) is 26.3 Å². The predicted octanol–water partition coefficient (Wildman–Crippen LogP) is 4.30. The quantitative estimate of drug-likeness (QED) is 0.447. The topological polar surface area (TPSA) is 46.5 Å². The minimum Gasteiger partial charge on any atom is -0.455 e. The third-order valence-corrected chi connectivity index (χ3v) is 6.32. The van der Waals surface area contributed by atoms with Crippen LogP contribution in [0.25, 0.3) is 0 Å². The normalized spacial score (nSPS) is 33.7. The van der Waals surface area contributed by atoms with E-state index in [4.69, 9.17) is 4.74 Å². The molecular formula is C17H20F6O3. The molecule has 2 fully saturated rings. The Morgan fingerprint density at radius 1 is 1.08 bits per heavy atom. The number of allylic oxidation sites excluding steroid dienone is 2. The molecule has 3 nitrogen and oxygen atoms in total. The second kappa shape index (κ2) is 5.62. The van der Waals surface area contributed by atoms with Gasteiger partial charge in [0.2, 0.25) is 0 Å². The van der Waals surface area contributed by atoms with Gasteiger partial charge in [-0.1, -0.05) is 12.2 Å². The first kappa shape index (κ1) is 19.5. The molecule has 9 heteroatoms. The van der Waals surface area contributed by atoms with Gasteiger partial charge in [0.25, 0.3) is 5.60 Å². The summed E-state index contributed by atoms with van der Waals surface area (Å²) in [5.41, 5.74) is -9.31. The van der Waals surface area contributed by atoms with Crippen LogP contribution in [0.1, 0.15) is 45.4 Å². The maximum atomic E-state index is 13.4. The van der Waals surface area contributed by atoms with Gasteiger partial charge in [0.15, 0.2) is 5.60 Å². The Hall–Kier alpha value is -1.25. The highest BCUT2D eigenvalue weighted by Gasteiger charge is 2.81. The van der Waals surface area contributed by atoms with E-state index >= 15 is 0 Å². The summed E-state index contributed by atoms with van der Waals surface area (Å²) < 4.78 is 85.4. The third kappa shape index (κ3) is 2.49. The van der Waals surface area contributed by atoms with Crippen LogP contribution in [0, 0.1) is 17.3 Å². The molecule has 3 unspecified atom stereocenters. The fraction of sp³-hybridized carbons (Fsp3) is 0.824. The van der Waals surface area contributed by atoms with Crippen LogP contribution >= 0.6 is 0 Å². The van der Waals surface area contributed by atoms with Crippen molar-refractivity contribution in [3.8, 4) is 0 Å². The van der Waals surface area contributed by atoms with Crippen LogP contribution in [0.4, 0.5) is 26.3 Å². The summed E-state index contributed by atoms with van der Waals surface area (Å²) >= 11 is 0. The lowest BCUT2D eigenvalue weighted by molar-refractivity contribution is -0.412. The molecule has 0 amide bonds. The van der Waals surface area contributed by atoms with Gasteiger partial charge < -0.3 is 9.84 Å². The SMILES string of the molecule is CC1(C(=O)OC2(C(O)(C(F)(F)F)C(F)(F)F)CCCC2)CC2C=CC1C2. The largest absolute Gasteiger partial charge is 0.455 e. The Morgan fingerprint density at radius 3 is 2.00 bits per heavy atom. The summed E-state index contributed by atoms with van der Waals surface area (Å²) in [6, 6.07) is 0. The van der Waals surface area contributed by atoms with Crippen molar-refractivity contribution in [2.24, 2.45) is 17.3 Å². The molecule has 0 heterocycles. The number of carbonyl (C=O) groups is 1. The van der Waals surface area contributed by atoms with E-state index in [9.17, 15) is 36.2 Å². The number of ether oxygens (including phenoxy) is 1. The Bertz CT molecular complexity index is 603. The first-order valence-corrected chi connectivity index (χ1v) is 8.54. The van der Waals surface area contributed by atoms with E-state index < -0.39 is 47.8 Å². The van der Waals surface area contributed by atoms with E-state index in [0.717, 1.165) is 0 Å². The van der Waals surface area contributed by atoms with Gasteiger partial charge >= 0.3 is 18.3 Å². The number of rotatable bonds is 3. The van der Waals surface area contributed by atoms with Crippen molar-refractivity contribution in [3.05, 3.63) is 12.2 Å². The van der Waals surface area contributed by atoms with Crippen molar-refractivity contribution in [1.29, 1.82) is 0 Å². The third-order valence-electron chi connectivity index (χ3n) is 6.32. The molecule has 3 aliphatic rings. The van der Waals surface area contributed by atoms with E-state index in [1.807, 2.05) is 6.08 Å². The highest BCUT2D eigenvalue weighted by atomic mass is 19.4. The van der Waals surface area contributed by atoms with Crippen molar-refractivity contribution in [3.63, 3.8) is 0 Å². The van der Waals surface area contributed by atoms with Gasteiger partial charge in [-0.25, -0.2) is 0 Å². The van der Waals surface area contributed by atoms with Crippen molar-refractivity contribution in [2.45, 2.75) is 69.0 Å². The average molecular weight is 386 g/mol. The molecule has 2 bridgehead atoms. The summed E-state index contributed by atoms with van der Waals surface area (Å²) in [5, 5.41) is 9.90. The first-order chi connectivity index (χ1) is 11.8. The lowest BCUT2D eigenvalue weighted by Crippen LogP contribution is -2.71. The number of carbonyl (C=O) groups excluding carboxylic acids is 1. The summed E-state index contributed by atoms with van der Waals surface area (Å²) in [4.78, 5) is 12.7. The van der Waals surface area contributed by atoms with Crippen molar-refractivity contribution < 1.29 is 41.0 Å². The molecule has 0 spiro atoms. The van der Waals surface area contributed by atoms with Crippen molar-refractivity contribution in [1.82, 2.24) is 0 Å². The fourth-order valence-electron chi connectivity index (χ4n) is 4.78. The van der Waals surface area contributed by atoms with Crippen LogP contribution in [-0.2, 0) is 9.53 Å². The van der Waals surface area contributed by atoms with E-state index in [2.05, 4.69) is 0 Å². The van der Waals surface area contributed by atoms with Crippen LogP contribution in [-0.4, -0.2) is 34.6 Å². The highest BCUT2D eigenvalue weighted by Crippen LogP contribution is 2.58. The lowest BCUT2D eigenvalue weighted by Gasteiger charge is -2.46. The number of esters is 1. The molecule has 148 valence electrons. The average Bonchev–Trinajstić information content (AvgIpc) is 3.20. The molecule has 0 aromatic carbocycles. The van der Waals surface area contributed by atoms with E-state index in [0.29, 0.717) is 12.8 Å². The minimum atomic E-state index is -6.02. The van der Waals surface area contributed by atoms with E-state index in [1.54, 1.807) is 6.08 Å². The molecule has 0 saturated heterocycles. The molecule has 3 aliphatic carbocycles. The molecule has 26 heavy (non-hydrogen) atoms. The zero-order chi connectivity index (χ0) is 19.6. The summed E-state index contributed by atoms with van der Waals surface area (Å²) in [6.45, 7) is 1.51. The standard InChI is InChI=1S/C17H20F6O3/c1-13(9-10-4-5-11(13)8-10)12(24)26-14(6-2-3-7-14)15(25,16(18,19)20)17(21,22)23/h4-5,10-11,25H,2-3,6-9H2,1H3. The van der Waals surface area contributed by atoms with Crippen molar-refractivity contribution in [2.75, 3.05) is 0 Å². The van der Waals surface area contributed by atoms with Gasteiger partial charge in [-0.05, 0) is 57.3 Å². The molecule has 0 aliphatic heterocycles. The lowest BCUT2D eigenvalue weighted by atomic mass is 9.76. The minimum absolute atomic E-state index is 0.00439. The van der Waals surface area contributed by atoms with Crippen LogP contribution < -0.4 is 0 Å². The Kier molecular flexibility index (Phi) is 4.22. The van der Waals surface area contributed by atoms with Gasteiger partial charge in [0, 0.05) is 0 Å². The highest BCUT2D eigenvalue weighted by molar-refractivity contribution is 5.79. The first-order valence-electron chi connectivity index (χ1n) is 8.54. The summed E-state index contributed by atoms with van der Waals surface area (Å²) in [7, 11) is 0. The summed E-state index contributed by atoms with van der Waals surface area (Å²) in [5.74, 6) is -1.30. The number of fused-ring (bicyclic) bond motifs is 2. The van der Waals surface area contributed by atoms with Gasteiger partial charge in [0.1, 0.15) is 0 Å². The number of hydrogen-bond acceptors (Lipinski definition) is 3. The van der Waals surface area contributed by atoms with Crippen LogP contribution in [0.15, 0.2) is 12.2 Å². The molecule has 0 radical (unpaired) electrons. The van der Waals surface area contributed by atoms with Crippen molar-refractivity contribution >= 4 is 5.97 Å².